The summed E-state index contributed by atoms with van der Waals surface area (Å²) in [6.07, 6.45) is 5.44. The van der Waals surface area contributed by atoms with E-state index in [1.165, 1.54) is 19.3 Å². The standard InChI is InChI=1S/C11H16BrN3/c1-2-9-4-3-5-15(9)11-10(12)6-8(13)7-14-11/h6-7,9H,2-5,13H2,1H3. The minimum absolute atomic E-state index is 0.637. The van der Waals surface area contributed by atoms with E-state index in [1.807, 2.05) is 6.07 Å². The van der Waals surface area contributed by atoms with Crippen molar-refractivity contribution in [3.05, 3.63) is 16.7 Å². The fraction of sp³-hybridized carbons (Fsp3) is 0.545. The number of rotatable bonds is 2. The van der Waals surface area contributed by atoms with Gasteiger partial charge >= 0.3 is 0 Å². The van der Waals surface area contributed by atoms with Crippen molar-refractivity contribution in [3.8, 4) is 0 Å². The SMILES string of the molecule is CCC1CCCN1c1ncc(N)cc1Br. The maximum Gasteiger partial charge on any atom is 0.143 e. The Balaban J connectivity index is 2.28. The molecule has 1 aromatic heterocycles. The molecule has 2 N–H and O–H groups in total. The van der Waals surface area contributed by atoms with Crippen molar-refractivity contribution in [1.29, 1.82) is 0 Å². The molecule has 0 aromatic carbocycles. The van der Waals surface area contributed by atoms with Crippen molar-refractivity contribution in [3.63, 3.8) is 0 Å². The molecule has 1 aliphatic rings. The van der Waals surface area contributed by atoms with Crippen LogP contribution >= 0.6 is 15.9 Å². The molecule has 1 aliphatic heterocycles. The molecular weight excluding hydrogens is 254 g/mol. The number of hydrogen-bond donors (Lipinski definition) is 1. The topological polar surface area (TPSA) is 42.2 Å². The van der Waals surface area contributed by atoms with Gasteiger partial charge in [0.2, 0.25) is 0 Å². The summed E-state index contributed by atoms with van der Waals surface area (Å²) in [5, 5.41) is 0. The second-order valence-electron chi connectivity index (χ2n) is 3.97. The number of nitrogens with zero attached hydrogens (tertiary/aromatic N) is 2. The molecule has 1 aromatic rings. The molecule has 1 atom stereocenters. The lowest BCUT2D eigenvalue weighted by Crippen LogP contribution is -2.29. The van der Waals surface area contributed by atoms with Gasteiger partial charge in [0.25, 0.3) is 0 Å². The summed E-state index contributed by atoms with van der Waals surface area (Å²) in [5.74, 6) is 1.04. The summed E-state index contributed by atoms with van der Waals surface area (Å²) in [6, 6.07) is 2.56. The van der Waals surface area contributed by atoms with Crippen LogP contribution in [0, 0.1) is 0 Å². The van der Waals surface area contributed by atoms with Crippen LogP contribution < -0.4 is 10.6 Å². The second kappa shape index (κ2) is 4.39. The van der Waals surface area contributed by atoms with Crippen LogP contribution in [-0.4, -0.2) is 17.6 Å². The molecule has 1 fully saturated rings. The predicted octanol–water partition coefficient (Wildman–Crippen LogP) is 2.81. The zero-order valence-electron chi connectivity index (χ0n) is 8.91. The van der Waals surface area contributed by atoms with Crippen molar-refractivity contribution < 1.29 is 0 Å². The Hall–Kier alpha value is -0.770. The first kappa shape index (κ1) is 10.7. The van der Waals surface area contributed by atoms with Crippen molar-refractivity contribution >= 4 is 27.4 Å². The Kier molecular flexibility index (Phi) is 3.14. The summed E-state index contributed by atoms with van der Waals surface area (Å²) in [7, 11) is 0. The second-order valence-corrected chi connectivity index (χ2v) is 4.83. The van der Waals surface area contributed by atoms with Gasteiger partial charge in [0.1, 0.15) is 5.82 Å². The van der Waals surface area contributed by atoms with Gasteiger partial charge in [-0.05, 0) is 41.3 Å². The van der Waals surface area contributed by atoms with Gasteiger partial charge in [-0.15, -0.1) is 0 Å². The smallest absolute Gasteiger partial charge is 0.143 e. The van der Waals surface area contributed by atoms with Crippen LogP contribution in [0.3, 0.4) is 0 Å². The summed E-state index contributed by atoms with van der Waals surface area (Å²) in [5.41, 5.74) is 6.39. The van der Waals surface area contributed by atoms with Crippen LogP contribution in [0.25, 0.3) is 0 Å². The lowest BCUT2D eigenvalue weighted by atomic mass is 10.2. The van der Waals surface area contributed by atoms with Crippen molar-refractivity contribution in [2.24, 2.45) is 0 Å². The van der Waals surface area contributed by atoms with E-state index in [4.69, 9.17) is 5.73 Å². The van der Waals surface area contributed by atoms with Crippen molar-refractivity contribution in [1.82, 2.24) is 4.98 Å². The quantitative estimate of drug-likeness (QED) is 0.898. The maximum atomic E-state index is 5.68. The molecule has 15 heavy (non-hydrogen) atoms. The van der Waals surface area contributed by atoms with Crippen LogP contribution in [0.15, 0.2) is 16.7 Å². The van der Waals surface area contributed by atoms with Gasteiger partial charge in [0, 0.05) is 12.6 Å². The third kappa shape index (κ3) is 2.09. The Morgan fingerprint density at radius 2 is 2.47 bits per heavy atom. The lowest BCUT2D eigenvalue weighted by molar-refractivity contribution is 0.640. The summed E-state index contributed by atoms with van der Waals surface area (Å²) >= 11 is 3.53. The molecular formula is C11H16BrN3. The summed E-state index contributed by atoms with van der Waals surface area (Å²) in [6.45, 7) is 3.34. The number of nitrogen functional groups attached to an aromatic ring is 1. The van der Waals surface area contributed by atoms with E-state index in [-0.39, 0.29) is 0 Å². The van der Waals surface area contributed by atoms with Gasteiger partial charge in [-0.1, -0.05) is 6.92 Å². The van der Waals surface area contributed by atoms with Crippen LogP contribution in [0.4, 0.5) is 11.5 Å². The molecule has 3 nitrogen and oxygen atoms in total. The molecule has 0 radical (unpaired) electrons. The number of aromatic nitrogens is 1. The third-order valence-electron chi connectivity index (χ3n) is 2.96. The van der Waals surface area contributed by atoms with E-state index >= 15 is 0 Å². The van der Waals surface area contributed by atoms with Gasteiger partial charge in [0.05, 0.1) is 16.4 Å². The number of halogens is 1. The van der Waals surface area contributed by atoms with Gasteiger partial charge in [-0.2, -0.15) is 0 Å². The number of pyridine rings is 1. The average Bonchev–Trinajstić information content (AvgIpc) is 2.65. The minimum Gasteiger partial charge on any atom is -0.397 e. The van der Waals surface area contributed by atoms with Gasteiger partial charge < -0.3 is 10.6 Å². The van der Waals surface area contributed by atoms with Crippen LogP contribution in [0.5, 0.6) is 0 Å². The first-order valence-electron chi connectivity index (χ1n) is 5.40. The minimum atomic E-state index is 0.637. The van der Waals surface area contributed by atoms with Crippen molar-refractivity contribution in [2.45, 2.75) is 32.2 Å². The fourth-order valence-corrected chi connectivity index (χ4v) is 2.79. The van der Waals surface area contributed by atoms with E-state index < -0.39 is 0 Å². The largest absolute Gasteiger partial charge is 0.397 e. The third-order valence-corrected chi connectivity index (χ3v) is 3.55. The fourth-order valence-electron chi connectivity index (χ4n) is 2.20. The van der Waals surface area contributed by atoms with E-state index in [0.717, 1.165) is 16.8 Å². The van der Waals surface area contributed by atoms with E-state index in [0.29, 0.717) is 11.7 Å². The highest BCUT2D eigenvalue weighted by Crippen LogP contribution is 2.32. The van der Waals surface area contributed by atoms with E-state index in [2.05, 4.69) is 32.7 Å². The zero-order valence-corrected chi connectivity index (χ0v) is 10.5. The molecule has 0 bridgehead atoms. The first-order chi connectivity index (χ1) is 7.22. The molecule has 82 valence electrons. The molecule has 0 saturated carbocycles. The maximum absolute atomic E-state index is 5.68. The van der Waals surface area contributed by atoms with Crippen LogP contribution in [0.1, 0.15) is 26.2 Å². The average molecular weight is 270 g/mol. The highest BCUT2D eigenvalue weighted by molar-refractivity contribution is 9.10. The van der Waals surface area contributed by atoms with E-state index in [9.17, 15) is 0 Å². The Bertz CT molecular complexity index is 354. The monoisotopic (exact) mass is 269 g/mol. The van der Waals surface area contributed by atoms with Crippen LogP contribution in [-0.2, 0) is 0 Å². The molecule has 4 heteroatoms. The van der Waals surface area contributed by atoms with Crippen molar-refractivity contribution in [2.75, 3.05) is 17.2 Å². The first-order valence-corrected chi connectivity index (χ1v) is 6.19. The molecule has 0 spiro atoms. The van der Waals surface area contributed by atoms with Gasteiger partial charge in [-0.3, -0.25) is 0 Å². The summed E-state index contributed by atoms with van der Waals surface area (Å²) in [4.78, 5) is 6.79. The normalized spacial score (nSPS) is 20.9. The Labute approximate surface area is 98.8 Å². The number of anilines is 2. The highest BCUT2D eigenvalue weighted by atomic mass is 79.9. The predicted molar refractivity (Wildman–Crippen MR) is 67.0 cm³/mol. The lowest BCUT2D eigenvalue weighted by Gasteiger charge is -2.25. The molecule has 0 amide bonds. The highest BCUT2D eigenvalue weighted by Gasteiger charge is 2.25. The Morgan fingerprint density at radius 1 is 1.67 bits per heavy atom. The molecule has 1 unspecified atom stereocenters. The van der Waals surface area contributed by atoms with Crippen LogP contribution in [0.2, 0.25) is 0 Å². The zero-order chi connectivity index (χ0) is 10.8. The van der Waals surface area contributed by atoms with Gasteiger partial charge in [0.15, 0.2) is 0 Å². The summed E-state index contributed by atoms with van der Waals surface area (Å²) < 4.78 is 1.00. The molecule has 2 heterocycles. The van der Waals surface area contributed by atoms with E-state index in [1.54, 1.807) is 6.20 Å². The molecule has 0 aliphatic carbocycles. The van der Waals surface area contributed by atoms with Gasteiger partial charge in [-0.25, -0.2) is 4.98 Å². The number of nitrogens with two attached hydrogens (primary N) is 1. The molecule has 2 rings (SSSR count). The molecule has 1 saturated heterocycles. The Morgan fingerprint density at radius 3 is 3.13 bits per heavy atom. The number of hydrogen-bond acceptors (Lipinski definition) is 3.